The molecule has 6 nitrogen and oxygen atoms in total. The molecule has 162 valence electrons. The van der Waals surface area contributed by atoms with Crippen LogP contribution in [0.1, 0.15) is 5.56 Å². The fourth-order valence-corrected chi connectivity index (χ4v) is 3.63. The van der Waals surface area contributed by atoms with E-state index in [9.17, 15) is 18.0 Å². The summed E-state index contributed by atoms with van der Waals surface area (Å²) in [6.07, 6.45) is 0. The lowest BCUT2D eigenvalue weighted by Crippen LogP contribution is -3.28. The lowest BCUT2D eigenvalue weighted by molar-refractivity contribution is -1.02. The van der Waals surface area contributed by atoms with Crippen molar-refractivity contribution in [1.82, 2.24) is 0 Å². The summed E-state index contributed by atoms with van der Waals surface area (Å²) in [6.45, 7) is 4.27. The van der Waals surface area contributed by atoms with E-state index in [2.05, 4.69) is 5.32 Å². The Morgan fingerprint density at radius 3 is 2.27 bits per heavy atom. The molecule has 1 amide bonds. The Hall–Kier alpha value is -2.78. The van der Waals surface area contributed by atoms with E-state index in [4.69, 9.17) is 9.47 Å². The van der Waals surface area contributed by atoms with Crippen molar-refractivity contribution in [2.24, 2.45) is 0 Å². The molecule has 1 fully saturated rings. The van der Waals surface area contributed by atoms with E-state index in [0.29, 0.717) is 11.5 Å². The van der Waals surface area contributed by atoms with Crippen LogP contribution in [0.25, 0.3) is 0 Å². The maximum atomic E-state index is 13.7. The minimum absolute atomic E-state index is 0.141. The van der Waals surface area contributed by atoms with Gasteiger partial charge in [0.1, 0.15) is 32.7 Å². The van der Waals surface area contributed by atoms with Crippen LogP contribution in [-0.4, -0.2) is 52.9 Å². The van der Waals surface area contributed by atoms with E-state index < -0.39 is 23.4 Å². The van der Waals surface area contributed by atoms with Gasteiger partial charge in [0.15, 0.2) is 35.5 Å². The fourth-order valence-electron chi connectivity index (χ4n) is 3.63. The smallest absolute Gasteiger partial charge is 0.279 e. The maximum Gasteiger partial charge on any atom is 0.279 e. The highest BCUT2D eigenvalue weighted by molar-refractivity contribution is 5.91. The number of quaternary nitrogens is 2. The molecule has 1 aliphatic heterocycles. The van der Waals surface area contributed by atoms with Crippen LogP contribution in [0.15, 0.2) is 30.3 Å². The molecule has 0 atom stereocenters. The predicted molar refractivity (Wildman–Crippen MR) is 104 cm³/mol. The Bertz CT molecular complexity index is 903. The number of carbonyl (C=O) groups is 1. The van der Waals surface area contributed by atoms with Crippen LogP contribution in [-0.2, 0) is 11.3 Å². The Morgan fingerprint density at radius 2 is 1.60 bits per heavy atom. The minimum atomic E-state index is -1.59. The first-order valence-corrected chi connectivity index (χ1v) is 9.72. The van der Waals surface area contributed by atoms with Crippen molar-refractivity contribution in [2.45, 2.75) is 6.54 Å². The number of hydrogen-bond donors (Lipinski definition) is 3. The van der Waals surface area contributed by atoms with Crippen LogP contribution >= 0.6 is 0 Å². The highest BCUT2D eigenvalue weighted by atomic mass is 19.2. The molecular weight excluding hydrogens is 399 g/mol. The van der Waals surface area contributed by atoms with E-state index in [-0.39, 0.29) is 12.2 Å². The molecule has 3 rings (SSSR count). The summed E-state index contributed by atoms with van der Waals surface area (Å²) in [4.78, 5) is 14.6. The molecule has 0 radical (unpaired) electrons. The third-order valence-electron chi connectivity index (χ3n) is 5.29. The second-order valence-electron chi connectivity index (χ2n) is 7.31. The molecule has 1 aliphatic rings. The Kier molecular flexibility index (Phi) is 7.17. The van der Waals surface area contributed by atoms with E-state index in [1.54, 1.807) is 14.2 Å². The number of halogens is 3. The van der Waals surface area contributed by atoms with Gasteiger partial charge in [-0.2, -0.15) is 0 Å². The monoisotopic (exact) mass is 425 g/mol. The molecule has 3 N–H and O–H groups in total. The maximum absolute atomic E-state index is 13.7. The number of methoxy groups -OCH3 is 2. The molecule has 2 aromatic rings. The van der Waals surface area contributed by atoms with Gasteiger partial charge in [-0.25, -0.2) is 13.2 Å². The van der Waals surface area contributed by atoms with Gasteiger partial charge in [0.05, 0.1) is 19.9 Å². The van der Waals surface area contributed by atoms with Crippen LogP contribution in [0.2, 0.25) is 0 Å². The molecule has 0 bridgehead atoms. The first-order chi connectivity index (χ1) is 14.4. The lowest BCUT2D eigenvalue weighted by atomic mass is 10.1. The molecule has 0 aliphatic carbocycles. The van der Waals surface area contributed by atoms with Crippen LogP contribution in [0.4, 0.5) is 18.9 Å². The van der Waals surface area contributed by atoms with Gasteiger partial charge in [-0.1, -0.05) is 0 Å². The molecule has 1 saturated heterocycles. The van der Waals surface area contributed by atoms with E-state index in [1.807, 2.05) is 18.2 Å². The normalized spacial score (nSPS) is 18.7. The molecule has 9 heteroatoms. The van der Waals surface area contributed by atoms with Crippen LogP contribution in [0, 0.1) is 17.5 Å². The Labute approximate surface area is 173 Å². The first-order valence-electron chi connectivity index (χ1n) is 9.72. The summed E-state index contributed by atoms with van der Waals surface area (Å²) in [6, 6.07) is 7.67. The summed E-state index contributed by atoms with van der Waals surface area (Å²) in [5.74, 6) is -3.31. The molecule has 0 saturated carbocycles. The van der Waals surface area contributed by atoms with E-state index >= 15 is 0 Å². The zero-order valence-electron chi connectivity index (χ0n) is 17.0. The van der Waals surface area contributed by atoms with Gasteiger partial charge >= 0.3 is 0 Å². The number of carbonyl (C=O) groups excluding carboxylic acids is 1. The average Bonchev–Trinajstić information content (AvgIpc) is 2.75. The van der Waals surface area contributed by atoms with Gasteiger partial charge in [0.25, 0.3) is 5.91 Å². The standard InChI is InChI=1S/C21H24F3N3O3/c1-29-17-6-3-14(11-18(17)30-2)12-26-7-9-27(10-8-26)13-19(28)25-16-5-4-15(22)20(23)21(16)24/h3-6,11H,7-10,12-13H2,1-2H3,(H,25,28)/p+2. The van der Waals surface area contributed by atoms with Crippen molar-refractivity contribution in [1.29, 1.82) is 0 Å². The molecule has 0 spiro atoms. The highest BCUT2D eigenvalue weighted by Crippen LogP contribution is 2.27. The zero-order valence-corrected chi connectivity index (χ0v) is 17.0. The molecule has 1 heterocycles. The quantitative estimate of drug-likeness (QED) is 0.550. The van der Waals surface area contributed by atoms with Gasteiger partial charge in [0, 0.05) is 5.56 Å². The fraction of sp³-hybridized carbons (Fsp3) is 0.381. The van der Waals surface area contributed by atoms with Gasteiger partial charge in [-0.3, -0.25) is 4.79 Å². The van der Waals surface area contributed by atoms with Crippen LogP contribution in [0.3, 0.4) is 0 Å². The lowest BCUT2D eigenvalue weighted by Gasteiger charge is -2.29. The number of piperazine rings is 1. The molecule has 30 heavy (non-hydrogen) atoms. The second-order valence-corrected chi connectivity index (χ2v) is 7.31. The Morgan fingerprint density at radius 1 is 0.933 bits per heavy atom. The first kappa shape index (κ1) is 21.9. The number of rotatable bonds is 7. The SMILES string of the molecule is COc1ccc(C[NH+]2CC[NH+](CC(=O)Nc3ccc(F)c(F)c3F)CC2)cc1OC. The topological polar surface area (TPSA) is 56.4 Å². The van der Waals surface area contributed by atoms with Crippen LogP contribution < -0.4 is 24.6 Å². The van der Waals surface area contributed by atoms with Crippen molar-refractivity contribution in [3.05, 3.63) is 53.3 Å². The van der Waals surface area contributed by atoms with Crippen molar-refractivity contribution >= 4 is 11.6 Å². The molecule has 0 aromatic heterocycles. The van der Waals surface area contributed by atoms with Crippen molar-refractivity contribution in [2.75, 3.05) is 52.3 Å². The number of ether oxygens (including phenoxy) is 2. The van der Waals surface area contributed by atoms with Crippen molar-refractivity contribution in [3.63, 3.8) is 0 Å². The number of benzene rings is 2. The largest absolute Gasteiger partial charge is 0.493 e. The predicted octanol–water partition coefficient (Wildman–Crippen LogP) is 0.0432. The van der Waals surface area contributed by atoms with E-state index in [0.717, 1.165) is 55.3 Å². The average molecular weight is 425 g/mol. The third-order valence-corrected chi connectivity index (χ3v) is 5.29. The molecule has 2 aromatic carbocycles. The summed E-state index contributed by atoms with van der Waals surface area (Å²) in [5, 5.41) is 2.33. The summed E-state index contributed by atoms with van der Waals surface area (Å²) in [5.41, 5.74) is 0.786. The second kappa shape index (κ2) is 9.82. The number of anilines is 1. The summed E-state index contributed by atoms with van der Waals surface area (Å²) < 4.78 is 50.6. The van der Waals surface area contributed by atoms with E-state index in [1.165, 1.54) is 4.90 Å². The summed E-state index contributed by atoms with van der Waals surface area (Å²) in [7, 11) is 3.20. The van der Waals surface area contributed by atoms with Gasteiger partial charge in [0.2, 0.25) is 0 Å². The van der Waals surface area contributed by atoms with Gasteiger partial charge < -0.3 is 24.6 Å². The van der Waals surface area contributed by atoms with Gasteiger partial charge in [-0.05, 0) is 30.3 Å². The Balaban J connectivity index is 1.49. The number of amides is 1. The number of nitrogens with one attached hydrogen (secondary N) is 3. The van der Waals surface area contributed by atoms with Crippen LogP contribution in [0.5, 0.6) is 11.5 Å². The summed E-state index contributed by atoms with van der Waals surface area (Å²) >= 11 is 0. The van der Waals surface area contributed by atoms with Gasteiger partial charge in [-0.15, -0.1) is 0 Å². The number of hydrogen-bond acceptors (Lipinski definition) is 3. The van der Waals surface area contributed by atoms with Crippen molar-refractivity contribution in [3.8, 4) is 11.5 Å². The molecule has 0 unspecified atom stereocenters. The van der Waals surface area contributed by atoms with Crippen molar-refractivity contribution < 1.29 is 37.2 Å². The third kappa shape index (κ3) is 5.22. The minimum Gasteiger partial charge on any atom is -0.493 e. The zero-order chi connectivity index (χ0) is 21.7. The highest BCUT2D eigenvalue weighted by Gasteiger charge is 2.26. The molecular formula is C21H26F3N3O3+2.